The minimum Gasteiger partial charge on any atom is -0.287 e. The molecule has 4 heteroatoms. The maximum Gasteiger partial charge on any atom is 0.192 e. The van der Waals surface area contributed by atoms with Crippen LogP contribution in [-0.2, 0) is 4.79 Å². The third kappa shape index (κ3) is 2.49. The lowest BCUT2D eigenvalue weighted by molar-refractivity contribution is -0.109. The third-order valence-corrected chi connectivity index (χ3v) is 3.87. The van der Waals surface area contributed by atoms with Crippen molar-refractivity contribution in [3.8, 4) is 0 Å². The number of thioether (sulfide) groups is 1. The second-order valence-electron chi connectivity index (χ2n) is 3.06. The van der Waals surface area contributed by atoms with Crippen molar-refractivity contribution in [2.24, 2.45) is 0 Å². The second-order valence-corrected chi connectivity index (χ2v) is 5.39. The van der Waals surface area contributed by atoms with Gasteiger partial charge in [0.15, 0.2) is 5.12 Å². The Bertz CT molecular complexity index is 527. The van der Waals surface area contributed by atoms with E-state index in [2.05, 4.69) is 27.6 Å². The number of carbonyl (C=O) groups is 1. The Kier molecular flexibility index (Phi) is 3.25. The highest BCUT2D eigenvalue weighted by Crippen LogP contribution is 2.26. The van der Waals surface area contributed by atoms with Gasteiger partial charge in [-0.2, -0.15) is 0 Å². The molecule has 0 aliphatic rings. The Morgan fingerprint density at radius 1 is 1.40 bits per heavy atom. The largest absolute Gasteiger partial charge is 0.287 e. The van der Waals surface area contributed by atoms with Gasteiger partial charge in [0.05, 0.1) is 5.52 Å². The molecule has 0 amide bonds. The molecule has 0 aliphatic carbocycles. The van der Waals surface area contributed by atoms with Crippen molar-refractivity contribution in [1.29, 1.82) is 0 Å². The van der Waals surface area contributed by atoms with E-state index in [0.29, 0.717) is 0 Å². The number of rotatable bonds is 1. The molecule has 0 N–H and O–H groups in total. The van der Waals surface area contributed by atoms with E-state index in [-0.39, 0.29) is 5.12 Å². The molecule has 15 heavy (non-hydrogen) atoms. The lowest BCUT2D eigenvalue weighted by atomic mass is 10.2. The van der Waals surface area contributed by atoms with Crippen LogP contribution in [0.2, 0.25) is 0 Å². The smallest absolute Gasteiger partial charge is 0.192 e. The summed E-state index contributed by atoms with van der Waals surface area (Å²) in [6.45, 7) is 1.55. The molecule has 0 saturated carbocycles. The van der Waals surface area contributed by atoms with Gasteiger partial charge in [-0.15, -0.1) is 0 Å². The van der Waals surface area contributed by atoms with Crippen molar-refractivity contribution in [3.63, 3.8) is 0 Å². The van der Waals surface area contributed by atoms with Crippen molar-refractivity contribution in [2.75, 3.05) is 0 Å². The van der Waals surface area contributed by atoms with Crippen molar-refractivity contribution >= 4 is 50.4 Å². The molecule has 0 unspecified atom stereocenters. The molecule has 2 aromatic rings. The summed E-state index contributed by atoms with van der Waals surface area (Å²) in [7, 11) is 0. The van der Waals surface area contributed by atoms with Gasteiger partial charge in [-0.05, 0) is 46.5 Å². The van der Waals surface area contributed by atoms with Gasteiger partial charge in [-0.1, -0.05) is 18.2 Å². The first-order valence-electron chi connectivity index (χ1n) is 4.40. The Hall–Kier alpha value is -0.620. The minimum absolute atomic E-state index is 0.0655. The average Bonchev–Trinajstić information content (AvgIpc) is 2.18. The molecule has 0 fully saturated rings. The first-order chi connectivity index (χ1) is 7.16. The van der Waals surface area contributed by atoms with Gasteiger partial charge in [-0.3, -0.25) is 4.79 Å². The zero-order valence-corrected chi connectivity index (χ0v) is 11.0. The molecule has 0 radical (unpaired) electrons. The van der Waals surface area contributed by atoms with E-state index in [1.807, 2.05) is 30.3 Å². The minimum atomic E-state index is 0.0655. The molecule has 0 spiro atoms. The van der Waals surface area contributed by atoms with Gasteiger partial charge in [0, 0.05) is 15.9 Å². The highest BCUT2D eigenvalue weighted by Gasteiger charge is 2.07. The fraction of sp³-hybridized carbons (Fsp3) is 0.0909. The first-order valence-corrected chi connectivity index (χ1v) is 6.30. The summed E-state index contributed by atoms with van der Waals surface area (Å²) in [5, 5.41) is 1.97. The predicted octanol–water partition coefficient (Wildman–Crippen LogP) is 3.48. The fourth-order valence-corrected chi connectivity index (χ4v) is 2.64. The quantitative estimate of drug-likeness (QED) is 0.593. The number of hydrogen-bond acceptors (Lipinski definition) is 3. The van der Waals surface area contributed by atoms with Gasteiger partial charge >= 0.3 is 0 Å². The molecule has 0 saturated heterocycles. The summed E-state index contributed by atoms with van der Waals surface area (Å²) in [6.07, 6.45) is 0. The number of aromatic nitrogens is 1. The van der Waals surface area contributed by atoms with Gasteiger partial charge in [0.2, 0.25) is 0 Å². The molecule has 2 rings (SSSR count). The number of halogens is 1. The van der Waals surface area contributed by atoms with Crippen LogP contribution in [0.1, 0.15) is 6.92 Å². The van der Waals surface area contributed by atoms with Gasteiger partial charge < -0.3 is 0 Å². The molecule has 1 aromatic heterocycles. The van der Waals surface area contributed by atoms with Crippen LogP contribution in [0.3, 0.4) is 0 Å². The Morgan fingerprint density at radius 2 is 2.13 bits per heavy atom. The van der Waals surface area contributed by atoms with Crippen LogP contribution < -0.4 is 0 Å². The molecule has 2 nitrogen and oxygen atoms in total. The number of benzene rings is 1. The van der Waals surface area contributed by atoms with Crippen LogP contribution >= 0.6 is 34.4 Å². The third-order valence-electron chi connectivity index (χ3n) is 1.89. The monoisotopic (exact) mass is 329 g/mol. The summed E-state index contributed by atoms with van der Waals surface area (Å²) < 4.78 is 1.02. The van der Waals surface area contributed by atoms with Crippen LogP contribution in [0, 0.1) is 3.57 Å². The lowest BCUT2D eigenvalue weighted by Crippen LogP contribution is -1.90. The van der Waals surface area contributed by atoms with Crippen molar-refractivity contribution in [1.82, 2.24) is 4.98 Å². The molecule has 76 valence electrons. The number of para-hydroxylation sites is 1. The standard InChI is InChI=1S/C11H8INOS/c1-7(14)15-11-9(12)6-8-4-2-3-5-10(8)13-11/h2-6H,1H3. The summed E-state index contributed by atoms with van der Waals surface area (Å²) in [5.41, 5.74) is 0.932. The number of fused-ring (bicyclic) bond motifs is 1. The number of hydrogen-bond donors (Lipinski definition) is 0. The molecule has 0 atom stereocenters. The highest BCUT2D eigenvalue weighted by molar-refractivity contribution is 14.1. The zero-order valence-electron chi connectivity index (χ0n) is 8.03. The summed E-state index contributed by atoms with van der Waals surface area (Å²) in [4.78, 5) is 15.5. The Balaban J connectivity index is 2.56. The fourth-order valence-electron chi connectivity index (χ4n) is 1.28. The van der Waals surface area contributed by atoms with Gasteiger partial charge in [-0.25, -0.2) is 4.98 Å². The summed E-state index contributed by atoms with van der Waals surface area (Å²) in [5.74, 6) is 0. The summed E-state index contributed by atoms with van der Waals surface area (Å²) in [6, 6.07) is 9.96. The normalized spacial score (nSPS) is 10.5. The molecule has 1 heterocycles. The number of carbonyl (C=O) groups excluding carboxylic acids is 1. The van der Waals surface area contributed by atoms with E-state index in [4.69, 9.17) is 0 Å². The second kappa shape index (κ2) is 4.49. The Morgan fingerprint density at radius 3 is 2.87 bits per heavy atom. The number of pyridine rings is 1. The highest BCUT2D eigenvalue weighted by atomic mass is 127. The number of nitrogens with zero attached hydrogens (tertiary/aromatic N) is 1. The molecule has 1 aromatic carbocycles. The average molecular weight is 329 g/mol. The maximum atomic E-state index is 11.0. The van der Waals surface area contributed by atoms with Crippen LogP contribution in [0.5, 0.6) is 0 Å². The summed E-state index contributed by atoms with van der Waals surface area (Å²) >= 11 is 3.39. The molecular formula is C11H8INOS. The zero-order chi connectivity index (χ0) is 10.8. The molecular weight excluding hydrogens is 321 g/mol. The topological polar surface area (TPSA) is 30.0 Å². The van der Waals surface area contributed by atoms with Crippen molar-refractivity contribution < 1.29 is 4.79 Å². The molecule has 0 bridgehead atoms. The van der Waals surface area contributed by atoms with E-state index >= 15 is 0 Å². The first kappa shape index (κ1) is 10.9. The molecule has 0 aliphatic heterocycles. The lowest BCUT2D eigenvalue weighted by Gasteiger charge is -2.03. The van der Waals surface area contributed by atoms with E-state index in [1.54, 1.807) is 6.92 Å². The SMILES string of the molecule is CC(=O)Sc1nc2ccccc2cc1I. The van der Waals surface area contributed by atoms with Crippen LogP contribution in [0.25, 0.3) is 10.9 Å². The van der Waals surface area contributed by atoms with Gasteiger partial charge in [0.25, 0.3) is 0 Å². The van der Waals surface area contributed by atoms with E-state index in [1.165, 1.54) is 11.8 Å². The van der Waals surface area contributed by atoms with Gasteiger partial charge in [0.1, 0.15) is 5.03 Å². The Labute approximate surface area is 106 Å². The van der Waals surface area contributed by atoms with Crippen LogP contribution in [0.4, 0.5) is 0 Å². The van der Waals surface area contributed by atoms with Crippen molar-refractivity contribution in [2.45, 2.75) is 11.9 Å². The maximum absolute atomic E-state index is 11.0. The van der Waals surface area contributed by atoms with Crippen LogP contribution in [-0.4, -0.2) is 10.1 Å². The van der Waals surface area contributed by atoms with Crippen molar-refractivity contribution in [3.05, 3.63) is 33.9 Å². The van der Waals surface area contributed by atoms with E-state index in [0.717, 1.165) is 19.5 Å². The van der Waals surface area contributed by atoms with E-state index < -0.39 is 0 Å². The van der Waals surface area contributed by atoms with E-state index in [9.17, 15) is 4.79 Å². The predicted molar refractivity (Wildman–Crippen MR) is 71.0 cm³/mol. The van der Waals surface area contributed by atoms with Crippen LogP contribution in [0.15, 0.2) is 35.4 Å².